The maximum absolute atomic E-state index is 11.2. The van der Waals surface area contributed by atoms with Crippen LogP contribution in [-0.4, -0.2) is 17.1 Å². The molecular formula is C10H17NO2. The fourth-order valence-corrected chi connectivity index (χ4v) is 1.38. The number of hydrogen-bond acceptors (Lipinski definition) is 2. The topological polar surface area (TPSA) is 49.3 Å². The van der Waals surface area contributed by atoms with Gasteiger partial charge >= 0.3 is 0 Å². The number of hydrogen-bond donors (Lipinski definition) is 2. The van der Waals surface area contributed by atoms with Crippen LogP contribution in [0.5, 0.6) is 0 Å². The molecule has 1 amide bonds. The van der Waals surface area contributed by atoms with Gasteiger partial charge in [0.15, 0.2) is 0 Å². The summed E-state index contributed by atoms with van der Waals surface area (Å²) in [7, 11) is 0. The molecule has 0 radical (unpaired) electrons. The molecule has 0 aromatic heterocycles. The molecule has 0 heterocycles. The third-order valence-corrected chi connectivity index (χ3v) is 2.48. The molecule has 0 atom stereocenters. The highest BCUT2D eigenvalue weighted by molar-refractivity contribution is 5.78. The molecule has 13 heavy (non-hydrogen) atoms. The van der Waals surface area contributed by atoms with E-state index >= 15 is 0 Å². The standard InChI is InChI=1S/C10H17NO2/c1-6(2)10(13)11-9-4-8(5-9)7(3)12/h6,8-9,12H,3-5H2,1-2H3,(H,11,13). The SMILES string of the molecule is C=C(O)C1CC(NC(=O)C(C)C)C1. The van der Waals surface area contributed by atoms with E-state index in [0.717, 1.165) is 12.8 Å². The van der Waals surface area contributed by atoms with Crippen molar-refractivity contribution in [3.8, 4) is 0 Å². The molecule has 0 unspecified atom stereocenters. The first-order valence-corrected chi connectivity index (χ1v) is 4.69. The van der Waals surface area contributed by atoms with Crippen molar-refractivity contribution in [3.05, 3.63) is 12.3 Å². The summed E-state index contributed by atoms with van der Waals surface area (Å²) in [5.41, 5.74) is 0. The Balaban J connectivity index is 2.22. The number of nitrogens with one attached hydrogen (secondary N) is 1. The fraction of sp³-hybridized carbons (Fsp3) is 0.700. The monoisotopic (exact) mass is 183 g/mol. The van der Waals surface area contributed by atoms with Gasteiger partial charge in [0, 0.05) is 17.9 Å². The Morgan fingerprint density at radius 3 is 2.46 bits per heavy atom. The molecule has 3 nitrogen and oxygen atoms in total. The molecule has 1 aliphatic carbocycles. The van der Waals surface area contributed by atoms with Gasteiger partial charge in [-0.2, -0.15) is 0 Å². The van der Waals surface area contributed by atoms with Gasteiger partial charge in [-0.25, -0.2) is 0 Å². The summed E-state index contributed by atoms with van der Waals surface area (Å²) in [6.45, 7) is 7.21. The number of carbonyl (C=O) groups is 1. The van der Waals surface area contributed by atoms with Gasteiger partial charge in [-0.1, -0.05) is 20.4 Å². The summed E-state index contributed by atoms with van der Waals surface area (Å²) in [6.07, 6.45) is 1.65. The lowest BCUT2D eigenvalue weighted by atomic mass is 9.79. The number of amides is 1. The average Bonchev–Trinajstić information content (AvgIpc) is 1.94. The maximum Gasteiger partial charge on any atom is 0.222 e. The second-order valence-electron chi connectivity index (χ2n) is 4.02. The van der Waals surface area contributed by atoms with Crippen molar-refractivity contribution in [1.82, 2.24) is 5.32 Å². The summed E-state index contributed by atoms with van der Waals surface area (Å²) < 4.78 is 0. The first-order valence-electron chi connectivity index (χ1n) is 4.69. The molecule has 0 aromatic carbocycles. The van der Waals surface area contributed by atoms with Gasteiger partial charge in [0.05, 0.1) is 5.76 Å². The molecule has 1 fully saturated rings. The first kappa shape index (κ1) is 10.1. The van der Waals surface area contributed by atoms with Crippen molar-refractivity contribution in [2.24, 2.45) is 11.8 Å². The van der Waals surface area contributed by atoms with Crippen LogP contribution in [0.25, 0.3) is 0 Å². The van der Waals surface area contributed by atoms with Crippen LogP contribution in [0, 0.1) is 11.8 Å². The van der Waals surface area contributed by atoms with E-state index < -0.39 is 0 Å². The Morgan fingerprint density at radius 2 is 2.08 bits per heavy atom. The van der Waals surface area contributed by atoms with Gasteiger partial charge in [-0.3, -0.25) is 4.79 Å². The molecule has 1 saturated carbocycles. The maximum atomic E-state index is 11.2. The van der Waals surface area contributed by atoms with Crippen LogP contribution >= 0.6 is 0 Å². The van der Waals surface area contributed by atoms with Gasteiger partial charge < -0.3 is 10.4 Å². The van der Waals surface area contributed by atoms with Crippen LogP contribution in [0.3, 0.4) is 0 Å². The van der Waals surface area contributed by atoms with Crippen molar-refractivity contribution in [2.75, 3.05) is 0 Å². The number of rotatable bonds is 3. The molecular weight excluding hydrogens is 166 g/mol. The van der Waals surface area contributed by atoms with E-state index in [1.54, 1.807) is 0 Å². The zero-order valence-electron chi connectivity index (χ0n) is 8.21. The lowest BCUT2D eigenvalue weighted by Gasteiger charge is -2.35. The minimum Gasteiger partial charge on any atom is -0.513 e. The summed E-state index contributed by atoms with van der Waals surface area (Å²) in [5, 5.41) is 11.9. The zero-order chi connectivity index (χ0) is 10.0. The molecule has 0 saturated heterocycles. The minimum atomic E-state index is 0.0383. The molecule has 2 N–H and O–H groups in total. The van der Waals surface area contributed by atoms with Gasteiger partial charge in [-0.15, -0.1) is 0 Å². The number of aliphatic hydroxyl groups is 1. The summed E-state index contributed by atoms with van der Waals surface area (Å²) in [5.74, 6) is 0.566. The highest BCUT2D eigenvalue weighted by Crippen LogP contribution is 2.31. The zero-order valence-corrected chi connectivity index (χ0v) is 8.21. The van der Waals surface area contributed by atoms with E-state index in [1.807, 2.05) is 13.8 Å². The first-order chi connectivity index (χ1) is 6.00. The quantitative estimate of drug-likeness (QED) is 0.653. The number of carbonyl (C=O) groups excluding carboxylic acids is 1. The minimum absolute atomic E-state index is 0.0383. The van der Waals surface area contributed by atoms with E-state index in [1.165, 1.54) is 0 Å². The van der Waals surface area contributed by atoms with Crippen LogP contribution in [0.15, 0.2) is 12.3 Å². The molecule has 3 heteroatoms. The predicted octanol–water partition coefficient (Wildman–Crippen LogP) is 1.61. The Bertz CT molecular complexity index is 217. The molecule has 0 spiro atoms. The van der Waals surface area contributed by atoms with Crippen molar-refractivity contribution in [3.63, 3.8) is 0 Å². The molecule has 0 bridgehead atoms. The van der Waals surface area contributed by atoms with Crippen LogP contribution in [-0.2, 0) is 4.79 Å². The largest absolute Gasteiger partial charge is 0.513 e. The van der Waals surface area contributed by atoms with E-state index in [4.69, 9.17) is 5.11 Å². The Labute approximate surface area is 78.8 Å². The summed E-state index contributed by atoms with van der Waals surface area (Å²) >= 11 is 0. The fourth-order valence-electron chi connectivity index (χ4n) is 1.38. The van der Waals surface area contributed by atoms with Crippen molar-refractivity contribution in [1.29, 1.82) is 0 Å². The van der Waals surface area contributed by atoms with E-state index in [2.05, 4.69) is 11.9 Å². The van der Waals surface area contributed by atoms with Gasteiger partial charge in [0.1, 0.15) is 0 Å². The Kier molecular flexibility index (Phi) is 2.96. The molecule has 1 aliphatic rings. The lowest BCUT2D eigenvalue weighted by Crippen LogP contribution is -2.46. The normalized spacial score (nSPS) is 26.7. The lowest BCUT2D eigenvalue weighted by molar-refractivity contribution is -0.125. The van der Waals surface area contributed by atoms with Gasteiger partial charge in [-0.05, 0) is 12.8 Å². The van der Waals surface area contributed by atoms with E-state index in [9.17, 15) is 4.79 Å². The van der Waals surface area contributed by atoms with Crippen molar-refractivity contribution < 1.29 is 9.90 Å². The third-order valence-electron chi connectivity index (χ3n) is 2.48. The van der Waals surface area contributed by atoms with Gasteiger partial charge in [0.25, 0.3) is 0 Å². The summed E-state index contributed by atoms with van der Waals surface area (Å²) in [4.78, 5) is 11.2. The number of aliphatic hydroxyl groups excluding tert-OH is 1. The van der Waals surface area contributed by atoms with Crippen LogP contribution < -0.4 is 5.32 Å². The Hall–Kier alpha value is -0.990. The predicted molar refractivity (Wildman–Crippen MR) is 51.3 cm³/mol. The highest BCUT2D eigenvalue weighted by Gasteiger charge is 2.32. The number of allylic oxidation sites excluding steroid dienone is 1. The molecule has 74 valence electrons. The average molecular weight is 183 g/mol. The van der Waals surface area contributed by atoms with E-state index in [-0.39, 0.29) is 29.5 Å². The third kappa shape index (κ3) is 2.47. The highest BCUT2D eigenvalue weighted by atomic mass is 16.3. The summed E-state index contributed by atoms with van der Waals surface area (Å²) in [6, 6.07) is 0.240. The molecule has 1 rings (SSSR count). The second kappa shape index (κ2) is 3.81. The smallest absolute Gasteiger partial charge is 0.222 e. The van der Waals surface area contributed by atoms with Crippen molar-refractivity contribution in [2.45, 2.75) is 32.7 Å². The van der Waals surface area contributed by atoms with E-state index in [0.29, 0.717) is 0 Å². The molecule has 0 aliphatic heterocycles. The van der Waals surface area contributed by atoms with Crippen LogP contribution in [0.4, 0.5) is 0 Å². The van der Waals surface area contributed by atoms with Crippen LogP contribution in [0.2, 0.25) is 0 Å². The van der Waals surface area contributed by atoms with Gasteiger partial charge in [0.2, 0.25) is 5.91 Å². The second-order valence-corrected chi connectivity index (χ2v) is 4.02. The Morgan fingerprint density at radius 1 is 1.54 bits per heavy atom. The van der Waals surface area contributed by atoms with Crippen LogP contribution in [0.1, 0.15) is 26.7 Å². The van der Waals surface area contributed by atoms with Crippen molar-refractivity contribution >= 4 is 5.91 Å². The molecule has 0 aromatic rings.